The number of nitrogens with two attached hydrogens (primary N) is 1. The number of nitrogens with zero attached hydrogens (tertiary/aromatic N) is 1. The SMILES string of the molecule is Cc1cc2ccccc2n1Cc1ccc(N)cc1F. The number of nitrogen functional groups attached to an aromatic ring is 1. The van der Waals surface area contributed by atoms with E-state index in [2.05, 4.69) is 22.8 Å². The van der Waals surface area contributed by atoms with E-state index in [-0.39, 0.29) is 5.82 Å². The Morgan fingerprint density at radius 3 is 2.68 bits per heavy atom. The Hall–Kier alpha value is -2.29. The Bertz CT molecular complexity index is 744. The quantitative estimate of drug-likeness (QED) is 0.694. The number of rotatable bonds is 2. The van der Waals surface area contributed by atoms with Crippen LogP contribution in [0.2, 0.25) is 0 Å². The Morgan fingerprint density at radius 1 is 1.11 bits per heavy atom. The molecule has 0 aliphatic rings. The summed E-state index contributed by atoms with van der Waals surface area (Å²) in [6.07, 6.45) is 0. The van der Waals surface area contributed by atoms with E-state index < -0.39 is 0 Å². The van der Waals surface area contributed by atoms with E-state index in [1.165, 1.54) is 11.5 Å². The smallest absolute Gasteiger partial charge is 0.130 e. The molecule has 0 spiro atoms. The van der Waals surface area contributed by atoms with Crippen LogP contribution >= 0.6 is 0 Å². The lowest BCUT2D eigenvalue weighted by molar-refractivity contribution is 0.601. The van der Waals surface area contributed by atoms with Crippen molar-refractivity contribution < 1.29 is 4.39 Å². The minimum atomic E-state index is -0.253. The summed E-state index contributed by atoms with van der Waals surface area (Å²) in [4.78, 5) is 0. The number of fused-ring (bicyclic) bond motifs is 1. The fraction of sp³-hybridized carbons (Fsp3) is 0.125. The van der Waals surface area contributed by atoms with Crippen molar-refractivity contribution in [2.75, 3.05) is 5.73 Å². The Labute approximate surface area is 111 Å². The number of aryl methyl sites for hydroxylation is 1. The standard InChI is InChI=1S/C16H15FN2/c1-11-8-12-4-2-3-5-16(12)19(11)10-13-6-7-14(18)9-15(13)17/h2-9H,10,18H2,1H3. The molecule has 1 aromatic heterocycles. The average Bonchev–Trinajstić information content (AvgIpc) is 2.69. The van der Waals surface area contributed by atoms with Crippen molar-refractivity contribution in [3.05, 3.63) is 65.6 Å². The molecule has 96 valence electrons. The molecule has 2 N–H and O–H groups in total. The second-order valence-corrected chi connectivity index (χ2v) is 4.78. The molecule has 3 rings (SSSR count). The number of para-hydroxylation sites is 1. The normalized spacial score (nSPS) is 11.1. The number of aromatic nitrogens is 1. The zero-order valence-electron chi connectivity index (χ0n) is 10.7. The monoisotopic (exact) mass is 254 g/mol. The summed E-state index contributed by atoms with van der Waals surface area (Å²) in [6.45, 7) is 2.56. The molecule has 3 aromatic rings. The molecule has 3 heteroatoms. The summed E-state index contributed by atoms with van der Waals surface area (Å²) in [6, 6.07) is 15.1. The van der Waals surface area contributed by atoms with Gasteiger partial charge in [-0.3, -0.25) is 0 Å². The highest BCUT2D eigenvalue weighted by Crippen LogP contribution is 2.22. The van der Waals surface area contributed by atoms with Crippen LogP contribution in [-0.2, 0) is 6.54 Å². The van der Waals surface area contributed by atoms with Crippen LogP contribution in [0.15, 0.2) is 48.5 Å². The third-order valence-corrected chi connectivity index (χ3v) is 3.42. The number of hydrogen-bond acceptors (Lipinski definition) is 1. The lowest BCUT2D eigenvalue weighted by Gasteiger charge is -2.10. The molecule has 0 radical (unpaired) electrons. The summed E-state index contributed by atoms with van der Waals surface area (Å²) < 4.78 is 16.0. The van der Waals surface area contributed by atoms with E-state index in [4.69, 9.17) is 5.73 Å². The van der Waals surface area contributed by atoms with Crippen LogP contribution in [0.25, 0.3) is 10.9 Å². The lowest BCUT2D eigenvalue weighted by Crippen LogP contribution is -2.04. The molecule has 0 aliphatic carbocycles. The number of halogens is 1. The summed E-state index contributed by atoms with van der Waals surface area (Å²) in [5.41, 5.74) is 8.92. The second kappa shape index (κ2) is 4.43. The number of anilines is 1. The van der Waals surface area contributed by atoms with Gasteiger partial charge in [0.2, 0.25) is 0 Å². The molecular weight excluding hydrogens is 239 g/mol. The molecule has 1 heterocycles. The molecule has 19 heavy (non-hydrogen) atoms. The molecular formula is C16H15FN2. The minimum Gasteiger partial charge on any atom is -0.399 e. The van der Waals surface area contributed by atoms with Gasteiger partial charge >= 0.3 is 0 Å². The van der Waals surface area contributed by atoms with E-state index in [0.29, 0.717) is 17.8 Å². The zero-order chi connectivity index (χ0) is 13.4. The molecule has 0 aliphatic heterocycles. The molecule has 0 atom stereocenters. The maximum Gasteiger partial charge on any atom is 0.130 e. The van der Waals surface area contributed by atoms with Crippen LogP contribution in [-0.4, -0.2) is 4.57 Å². The van der Waals surface area contributed by atoms with E-state index in [1.54, 1.807) is 12.1 Å². The molecule has 0 saturated carbocycles. The van der Waals surface area contributed by atoms with Gasteiger partial charge in [0, 0.05) is 22.5 Å². The van der Waals surface area contributed by atoms with Gasteiger partial charge in [0.05, 0.1) is 6.54 Å². The topological polar surface area (TPSA) is 30.9 Å². The van der Waals surface area contributed by atoms with Gasteiger partial charge in [-0.2, -0.15) is 0 Å². The highest BCUT2D eigenvalue weighted by molar-refractivity contribution is 5.81. The van der Waals surface area contributed by atoms with Crippen molar-refractivity contribution in [2.45, 2.75) is 13.5 Å². The molecule has 0 bridgehead atoms. The van der Waals surface area contributed by atoms with Gasteiger partial charge in [-0.15, -0.1) is 0 Å². The largest absolute Gasteiger partial charge is 0.399 e. The molecule has 0 unspecified atom stereocenters. The summed E-state index contributed by atoms with van der Waals surface area (Å²) in [7, 11) is 0. The van der Waals surface area contributed by atoms with E-state index in [0.717, 1.165) is 11.2 Å². The fourth-order valence-corrected chi connectivity index (χ4v) is 2.42. The maximum absolute atomic E-state index is 13.9. The zero-order valence-corrected chi connectivity index (χ0v) is 10.7. The maximum atomic E-state index is 13.9. The van der Waals surface area contributed by atoms with Crippen molar-refractivity contribution >= 4 is 16.6 Å². The van der Waals surface area contributed by atoms with Crippen LogP contribution in [0.4, 0.5) is 10.1 Å². The van der Waals surface area contributed by atoms with Gasteiger partial charge < -0.3 is 10.3 Å². The third kappa shape index (κ3) is 2.08. The molecule has 2 nitrogen and oxygen atoms in total. The van der Waals surface area contributed by atoms with Gasteiger partial charge in [-0.05, 0) is 36.6 Å². The number of hydrogen-bond donors (Lipinski definition) is 1. The van der Waals surface area contributed by atoms with E-state index in [1.807, 2.05) is 19.1 Å². The molecule has 2 aromatic carbocycles. The van der Waals surface area contributed by atoms with Gasteiger partial charge in [-0.25, -0.2) is 4.39 Å². The van der Waals surface area contributed by atoms with Crippen molar-refractivity contribution in [1.29, 1.82) is 0 Å². The molecule has 0 saturated heterocycles. The van der Waals surface area contributed by atoms with Crippen LogP contribution < -0.4 is 5.73 Å². The predicted octanol–water partition coefficient (Wildman–Crippen LogP) is 3.72. The summed E-state index contributed by atoms with van der Waals surface area (Å²) >= 11 is 0. The second-order valence-electron chi connectivity index (χ2n) is 4.78. The van der Waals surface area contributed by atoms with Crippen LogP contribution in [0.5, 0.6) is 0 Å². The molecule has 0 amide bonds. The average molecular weight is 254 g/mol. The Kier molecular flexibility index (Phi) is 2.75. The van der Waals surface area contributed by atoms with Crippen LogP contribution in [0.3, 0.4) is 0 Å². The first-order valence-electron chi connectivity index (χ1n) is 6.24. The number of benzene rings is 2. The van der Waals surface area contributed by atoms with Crippen LogP contribution in [0.1, 0.15) is 11.3 Å². The molecule has 0 fully saturated rings. The van der Waals surface area contributed by atoms with Gasteiger partial charge in [0.15, 0.2) is 0 Å². The fourth-order valence-electron chi connectivity index (χ4n) is 2.42. The van der Waals surface area contributed by atoms with Crippen molar-refractivity contribution in [1.82, 2.24) is 4.57 Å². The minimum absolute atomic E-state index is 0.253. The van der Waals surface area contributed by atoms with Gasteiger partial charge in [0.1, 0.15) is 5.82 Å². The van der Waals surface area contributed by atoms with Crippen molar-refractivity contribution in [3.8, 4) is 0 Å². The van der Waals surface area contributed by atoms with E-state index in [9.17, 15) is 4.39 Å². The Balaban J connectivity index is 2.08. The third-order valence-electron chi connectivity index (χ3n) is 3.42. The van der Waals surface area contributed by atoms with Crippen LogP contribution in [0, 0.1) is 12.7 Å². The van der Waals surface area contributed by atoms with Crippen molar-refractivity contribution in [3.63, 3.8) is 0 Å². The lowest BCUT2D eigenvalue weighted by atomic mass is 10.2. The summed E-state index contributed by atoms with van der Waals surface area (Å²) in [5, 5.41) is 1.18. The highest BCUT2D eigenvalue weighted by atomic mass is 19.1. The first-order valence-corrected chi connectivity index (χ1v) is 6.24. The van der Waals surface area contributed by atoms with Crippen molar-refractivity contribution in [2.24, 2.45) is 0 Å². The van der Waals surface area contributed by atoms with E-state index >= 15 is 0 Å². The Morgan fingerprint density at radius 2 is 1.89 bits per heavy atom. The first kappa shape index (κ1) is 11.8. The predicted molar refractivity (Wildman–Crippen MR) is 76.6 cm³/mol. The van der Waals surface area contributed by atoms with Gasteiger partial charge in [0.25, 0.3) is 0 Å². The van der Waals surface area contributed by atoms with Gasteiger partial charge in [-0.1, -0.05) is 24.3 Å². The first-order chi connectivity index (χ1) is 9.15. The highest BCUT2D eigenvalue weighted by Gasteiger charge is 2.08. The summed E-state index contributed by atoms with van der Waals surface area (Å²) in [5.74, 6) is -0.253.